The molecular formula is C23H27ClN4O4. The lowest BCUT2D eigenvalue weighted by atomic mass is 9.94. The number of hydrogen-bond acceptors (Lipinski definition) is 5. The van der Waals surface area contributed by atoms with Crippen molar-refractivity contribution >= 4 is 35.1 Å². The Morgan fingerprint density at radius 1 is 1.22 bits per heavy atom. The standard InChI is InChI=1S/C23H27ClN4O4/c1-15-6-9-25-20(12-15)26-21(29)14-27(2)22(30)16-7-10-28(11-8-16)23(31)18-13-17(24)4-5-19(18)32-3/h4-6,9,12-13,16H,7-8,10-11,14H2,1-3H3,(H,25,26,29). The van der Waals surface area contributed by atoms with Crippen LogP contribution in [0.1, 0.15) is 28.8 Å². The highest BCUT2D eigenvalue weighted by atomic mass is 35.5. The van der Waals surface area contributed by atoms with E-state index in [-0.39, 0.29) is 30.2 Å². The first-order chi connectivity index (χ1) is 15.3. The number of carbonyl (C=O) groups excluding carboxylic acids is 3. The zero-order valence-electron chi connectivity index (χ0n) is 18.4. The fourth-order valence-corrected chi connectivity index (χ4v) is 3.91. The number of nitrogens with zero attached hydrogens (tertiary/aromatic N) is 3. The summed E-state index contributed by atoms with van der Waals surface area (Å²) in [5.74, 6) is 0.0961. The molecule has 32 heavy (non-hydrogen) atoms. The predicted molar refractivity (Wildman–Crippen MR) is 122 cm³/mol. The van der Waals surface area contributed by atoms with Gasteiger partial charge in [0.25, 0.3) is 5.91 Å². The molecule has 0 unspecified atom stereocenters. The molecule has 1 saturated heterocycles. The van der Waals surface area contributed by atoms with Crippen molar-refractivity contribution in [1.82, 2.24) is 14.8 Å². The van der Waals surface area contributed by atoms with E-state index in [0.29, 0.717) is 48.1 Å². The number of likely N-dealkylation sites (tertiary alicyclic amines) is 1. The summed E-state index contributed by atoms with van der Waals surface area (Å²) in [6, 6.07) is 8.53. The minimum absolute atomic E-state index is 0.0622. The second-order valence-corrected chi connectivity index (χ2v) is 8.31. The van der Waals surface area contributed by atoms with Gasteiger partial charge in [-0.25, -0.2) is 4.98 Å². The van der Waals surface area contributed by atoms with E-state index in [1.54, 1.807) is 42.4 Å². The molecule has 2 heterocycles. The summed E-state index contributed by atoms with van der Waals surface area (Å²) in [5.41, 5.74) is 1.39. The molecule has 3 amide bonds. The number of hydrogen-bond donors (Lipinski definition) is 1. The first-order valence-corrected chi connectivity index (χ1v) is 10.8. The molecule has 0 saturated carbocycles. The van der Waals surface area contributed by atoms with E-state index >= 15 is 0 Å². The van der Waals surface area contributed by atoms with Crippen molar-refractivity contribution in [2.24, 2.45) is 5.92 Å². The second-order valence-electron chi connectivity index (χ2n) is 7.87. The van der Waals surface area contributed by atoms with Crippen molar-refractivity contribution in [2.45, 2.75) is 19.8 Å². The number of rotatable bonds is 6. The Morgan fingerprint density at radius 3 is 2.59 bits per heavy atom. The molecule has 8 nitrogen and oxygen atoms in total. The zero-order chi connectivity index (χ0) is 23.3. The molecule has 1 aromatic heterocycles. The minimum Gasteiger partial charge on any atom is -0.496 e. The number of likely N-dealkylation sites (N-methyl/N-ethyl adjacent to an activating group) is 1. The maximum atomic E-state index is 12.9. The highest BCUT2D eigenvalue weighted by Gasteiger charge is 2.31. The van der Waals surface area contributed by atoms with Crippen molar-refractivity contribution in [3.8, 4) is 5.75 Å². The number of methoxy groups -OCH3 is 1. The molecule has 1 aliphatic heterocycles. The number of nitrogens with one attached hydrogen (secondary N) is 1. The Bertz CT molecular complexity index is 1010. The van der Waals surface area contributed by atoms with Crippen LogP contribution in [0.5, 0.6) is 5.75 Å². The van der Waals surface area contributed by atoms with Crippen LogP contribution in [-0.2, 0) is 9.59 Å². The molecule has 0 bridgehead atoms. The van der Waals surface area contributed by atoms with Crippen LogP contribution in [-0.4, -0.2) is 66.3 Å². The lowest BCUT2D eigenvalue weighted by Gasteiger charge is -2.33. The fourth-order valence-electron chi connectivity index (χ4n) is 3.74. The third kappa shape index (κ3) is 5.76. The van der Waals surface area contributed by atoms with Gasteiger partial charge in [-0.1, -0.05) is 11.6 Å². The van der Waals surface area contributed by atoms with E-state index < -0.39 is 0 Å². The van der Waals surface area contributed by atoms with Crippen LogP contribution in [0.25, 0.3) is 0 Å². The molecule has 0 atom stereocenters. The first kappa shape index (κ1) is 23.5. The average Bonchev–Trinajstić information content (AvgIpc) is 2.78. The largest absolute Gasteiger partial charge is 0.496 e. The van der Waals surface area contributed by atoms with Crippen LogP contribution in [0.15, 0.2) is 36.5 Å². The molecule has 0 aliphatic carbocycles. The molecule has 9 heteroatoms. The van der Waals surface area contributed by atoms with E-state index in [9.17, 15) is 14.4 Å². The van der Waals surface area contributed by atoms with Gasteiger partial charge in [0, 0.05) is 37.3 Å². The van der Waals surface area contributed by atoms with Crippen LogP contribution in [0.4, 0.5) is 5.82 Å². The molecule has 170 valence electrons. The summed E-state index contributed by atoms with van der Waals surface area (Å²) in [7, 11) is 3.12. The maximum Gasteiger partial charge on any atom is 0.257 e. The lowest BCUT2D eigenvalue weighted by Crippen LogP contribution is -2.45. The molecule has 1 aliphatic rings. The number of aromatic nitrogens is 1. The van der Waals surface area contributed by atoms with Gasteiger partial charge in [-0.3, -0.25) is 14.4 Å². The van der Waals surface area contributed by atoms with Gasteiger partial charge >= 0.3 is 0 Å². The third-order valence-corrected chi connectivity index (χ3v) is 5.70. The topological polar surface area (TPSA) is 91.8 Å². The van der Waals surface area contributed by atoms with Gasteiger partial charge in [0.1, 0.15) is 11.6 Å². The van der Waals surface area contributed by atoms with Crippen molar-refractivity contribution in [2.75, 3.05) is 39.1 Å². The number of anilines is 1. The number of halogens is 1. The summed E-state index contributed by atoms with van der Waals surface area (Å²) in [6.45, 7) is 2.73. The first-order valence-electron chi connectivity index (χ1n) is 10.4. The molecular weight excluding hydrogens is 432 g/mol. The molecule has 0 spiro atoms. The number of piperidine rings is 1. The van der Waals surface area contributed by atoms with Gasteiger partial charge in [0.2, 0.25) is 11.8 Å². The summed E-state index contributed by atoms with van der Waals surface area (Å²) in [6.07, 6.45) is 2.67. The van der Waals surface area contributed by atoms with E-state index in [4.69, 9.17) is 16.3 Å². The highest BCUT2D eigenvalue weighted by molar-refractivity contribution is 6.31. The van der Waals surface area contributed by atoms with Crippen LogP contribution in [0.2, 0.25) is 5.02 Å². The normalized spacial score (nSPS) is 14.1. The van der Waals surface area contributed by atoms with Gasteiger partial charge in [0.05, 0.1) is 19.2 Å². The van der Waals surface area contributed by atoms with Gasteiger partial charge in [-0.15, -0.1) is 0 Å². The van der Waals surface area contributed by atoms with Crippen LogP contribution < -0.4 is 10.1 Å². The molecule has 1 aromatic carbocycles. The predicted octanol–water partition coefficient (Wildman–Crippen LogP) is 3.00. The number of carbonyl (C=O) groups is 3. The number of benzene rings is 1. The van der Waals surface area contributed by atoms with Crippen molar-refractivity contribution in [3.05, 3.63) is 52.7 Å². The number of pyridine rings is 1. The Hall–Kier alpha value is -3.13. The van der Waals surface area contributed by atoms with Gasteiger partial charge < -0.3 is 19.9 Å². The summed E-state index contributed by atoms with van der Waals surface area (Å²) >= 11 is 6.04. The van der Waals surface area contributed by atoms with Crippen LogP contribution in [0.3, 0.4) is 0 Å². The lowest BCUT2D eigenvalue weighted by molar-refractivity contribution is -0.138. The summed E-state index contributed by atoms with van der Waals surface area (Å²) in [5, 5.41) is 3.17. The fraction of sp³-hybridized carbons (Fsp3) is 0.391. The number of aryl methyl sites for hydroxylation is 1. The highest BCUT2D eigenvalue weighted by Crippen LogP contribution is 2.27. The van der Waals surface area contributed by atoms with E-state index in [1.165, 1.54) is 12.0 Å². The quantitative estimate of drug-likeness (QED) is 0.718. The monoisotopic (exact) mass is 458 g/mol. The van der Waals surface area contributed by atoms with Crippen LogP contribution >= 0.6 is 11.6 Å². The van der Waals surface area contributed by atoms with Crippen molar-refractivity contribution < 1.29 is 19.1 Å². The molecule has 3 rings (SSSR count). The Kier molecular flexibility index (Phi) is 7.69. The average molecular weight is 459 g/mol. The second kappa shape index (κ2) is 10.5. The van der Waals surface area contributed by atoms with E-state index in [1.807, 2.05) is 13.0 Å². The van der Waals surface area contributed by atoms with Crippen molar-refractivity contribution in [1.29, 1.82) is 0 Å². The van der Waals surface area contributed by atoms with E-state index in [2.05, 4.69) is 10.3 Å². The third-order valence-electron chi connectivity index (χ3n) is 5.46. The SMILES string of the molecule is COc1ccc(Cl)cc1C(=O)N1CCC(C(=O)N(C)CC(=O)Nc2cc(C)ccn2)CC1. The van der Waals surface area contributed by atoms with Gasteiger partial charge in [-0.05, 0) is 55.7 Å². The number of amides is 3. The Morgan fingerprint density at radius 2 is 1.94 bits per heavy atom. The minimum atomic E-state index is -0.306. The zero-order valence-corrected chi connectivity index (χ0v) is 19.2. The Balaban J connectivity index is 1.53. The summed E-state index contributed by atoms with van der Waals surface area (Å²) in [4.78, 5) is 45.3. The molecule has 0 radical (unpaired) electrons. The summed E-state index contributed by atoms with van der Waals surface area (Å²) < 4.78 is 5.28. The smallest absolute Gasteiger partial charge is 0.257 e. The van der Waals surface area contributed by atoms with Gasteiger partial charge in [-0.2, -0.15) is 0 Å². The van der Waals surface area contributed by atoms with Gasteiger partial charge in [0.15, 0.2) is 0 Å². The molecule has 2 aromatic rings. The molecule has 1 fully saturated rings. The maximum absolute atomic E-state index is 12.9. The number of ether oxygens (including phenoxy) is 1. The van der Waals surface area contributed by atoms with Crippen LogP contribution in [0, 0.1) is 12.8 Å². The Labute approximate surface area is 192 Å². The van der Waals surface area contributed by atoms with E-state index in [0.717, 1.165) is 5.56 Å². The van der Waals surface area contributed by atoms with Crippen molar-refractivity contribution in [3.63, 3.8) is 0 Å². The molecule has 1 N–H and O–H groups in total.